The average molecular weight is 216 g/mol. The zero-order chi connectivity index (χ0) is 11.4. The Labute approximate surface area is 95.5 Å². The summed E-state index contributed by atoms with van der Waals surface area (Å²) < 4.78 is 5.54. The third kappa shape index (κ3) is 2.70. The maximum Gasteiger partial charge on any atom is 0.0720 e. The van der Waals surface area contributed by atoms with E-state index < -0.39 is 0 Å². The average Bonchev–Trinajstić information content (AvgIpc) is 2.80. The number of rotatable bonds is 4. The van der Waals surface area contributed by atoms with Gasteiger partial charge in [0.25, 0.3) is 0 Å². The van der Waals surface area contributed by atoms with Crippen LogP contribution in [0.5, 0.6) is 0 Å². The normalized spacial score (nSPS) is 10.9. The number of H-pyrrole nitrogens is 1. The molecule has 1 aromatic heterocycles. The second-order valence-corrected chi connectivity index (χ2v) is 4.03. The van der Waals surface area contributed by atoms with Crippen LogP contribution in [0.15, 0.2) is 36.5 Å². The van der Waals surface area contributed by atoms with E-state index in [0.717, 1.165) is 11.3 Å². The van der Waals surface area contributed by atoms with Crippen molar-refractivity contribution in [1.82, 2.24) is 10.2 Å². The van der Waals surface area contributed by atoms with E-state index in [2.05, 4.69) is 34.5 Å². The minimum Gasteiger partial charge on any atom is -0.374 e. The summed E-state index contributed by atoms with van der Waals surface area (Å²) in [6, 6.07) is 10.3. The van der Waals surface area contributed by atoms with Crippen LogP contribution in [0.3, 0.4) is 0 Å². The molecule has 0 radical (unpaired) electrons. The lowest BCUT2D eigenvalue weighted by molar-refractivity contribution is 0.0657. The summed E-state index contributed by atoms with van der Waals surface area (Å²) in [5.74, 6) is 0. The molecule has 84 valence electrons. The van der Waals surface area contributed by atoms with Gasteiger partial charge in [-0.1, -0.05) is 24.3 Å². The Morgan fingerprint density at radius 3 is 2.50 bits per heavy atom. The third-order valence-corrected chi connectivity index (χ3v) is 2.35. The van der Waals surface area contributed by atoms with Crippen molar-refractivity contribution in [3.63, 3.8) is 0 Å². The van der Waals surface area contributed by atoms with Crippen molar-refractivity contribution in [2.24, 2.45) is 0 Å². The first-order valence-electron chi connectivity index (χ1n) is 5.46. The predicted octanol–water partition coefficient (Wildman–Crippen LogP) is 3.00. The van der Waals surface area contributed by atoms with Gasteiger partial charge in [-0.05, 0) is 31.0 Å². The molecule has 2 aromatic rings. The van der Waals surface area contributed by atoms with E-state index in [0.29, 0.717) is 6.61 Å². The van der Waals surface area contributed by atoms with Gasteiger partial charge in [-0.15, -0.1) is 0 Å². The van der Waals surface area contributed by atoms with E-state index in [1.165, 1.54) is 5.56 Å². The molecule has 16 heavy (non-hydrogen) atoms. The molecule has 3 heteroatoms. The van der Waals surface area contributed by atoms with Crippen molar-refractivity contribution in [2.75, 3.05) is 0 Å². The molecule has 0 saturated carbocycles. The molecule has 0 saturated heterocycles. The van der Waals surface area contributed by atoms with E-state index in [9.17, 15) is 0 Å². The summed E-state index contributed by atoms with van der Waals surface area (Å²) in [6.45, 7) is 4.75. The van der Waals surface area contributed by atoms with Crippen LogP contribution in [0.1, 0.15) is 19.4 Å². The highest BCUT2D eigenvalue weighted by molar-refractivity contribution is 5.58. The van der Waals surface area contributed by atoms with E-state index in [4.69, 9.17) is 4.74 Å². The predicted molar refractivity (Wildman–Crippen MR) is 63.9 cm³/mol. The Bertz CT molecular complexity index is 418. The quantitative estimate of drug-likeness (QED) is 0.853. The molecule has 0 unspecified atom stereocenters. The fourth-order valence-electron chi connectivity index (χ4n) is 1.46. The summed E-state index contributed by atoms with van der Waals surface area (Å²) in [7, 11) is 0. The summed E-state index contributed by atoms with van der Waals surface area (Å²) in [4.78, 5) is 0. The highest BCUT2D eigenvalue weighted by atomic mass is 16.5. The fourth-order valence-corrected chi connectivity index (χ4v) is 1.46. The summed E-state index contributed by atoms with van der Waals surface area (Å²) >= 11 is 0. The van der Waals surface area contributed by atoms with Gasteiger partial charge in [-0.3, -0.25) is 5.10 Å². The van der Waals surface area contributed by atoms with Gasteiger partial charge in [0, 0.05) is 6.20 Å². The van der Waals surface area contributed by atoms with E-state index in [-0.39, 0.29) is 6.10 Å². The van der Waals surface area contributed by atoms with E-state index in [1.54, 1.807) is 6.20 Å². The first-order valence-corrected chi connectivity index (χ1v) is 5.46. The zero-order valence-electron chi connectivity index (χ0n) is 9.60. The highest BCUT2D eigenvalue weighted by Gasteiger charge is 2.00. The van der Waals surface area contributed by atoms with Crippen LogP contribution in [0.25, 0.3) is 11.3 Å². The molecule has 0 bridgehead atoms. The second-order valence-electron chi connectivity index (χ2n) is 4.03. The molecule has 0 fully saturated rings. The molecule has 1 N–H and O–H groups in total. The molecule has 3 nitrogen and oxygen atoms in total. The number of ether oxygens (including phenoxy) is 1. The van der Waals surface area contributed by atoms with Crippen LogP contribution in [-0.4, -0.2) is 16.3 Å². The van der Waals surface area contributed by atoms with Crippen molar-refractivity contribution in [3.05, 3.63) is 42.1 Å². The molecular weight excluding hydrogens is 200 g/mol. The van der Waals surface area contributed by atoms with Crippen molar-refractivity contribution in [2.45, 2.75) is 26.6 Å². The van der Waals surface area contributed by atoms with Crippen LogP contribution < -0.4 is 0 Å². The molecule has 0 atom stereocenters. The van der Waals surface area contributed by atoms with E-state index in [1.807, 2.05) is 19.9 Å². The number of nitrogens with zero attached hydrogens (tertiary/aromatic N) is 1. The number of hydrogen-bond donors (Lipinski definition) is 1. The summed E-state index contributed by atoms with van der Waals surface area (Å²) in [5, 5.41) is 6.87. The Morgan fingerprint density at radius 1 is 1.19 bits per heavy atom. The standard InChI is InChI=1S/C13H16N2O/c1-10(2)16-9-11-3-5-12(6-4-11)13-7-8-14-15-13/h3-8,10H,9H2,1-2H3,(H,14,15). The number of nitrogens with one attached hydrogen (secondary N) is 1. The van der Waals surface area contributed by atoms with Gasteiger partial charge in [0.05, 0.1) is 18.4 Å². The topological polar surface area (TPSA) is 37.9 Å². The molecule has 1 aromatic carbocycles. The molecule has 1 heterocycles. The summed E-state index contributed by atoms with van der Waals surface area (Å²) in [5.41, 5.74) is 3.37. The van der Waals surface area contributed by atoms with Crippen molar-refractivity contribution in [3.8, 4) is 11.3 Å². The molecular formula is C13H16N2O. The fraction of sp³-hybridized carbons (Fsp3) is 0.308. The first-order chi connectivity index (χ1) is 7.75. The lowest BCUT2D eigenvalue weighted by Crippen LogP contribution is -2.01. The number of aromatic amines is 1. The Balaban J connectivity index is 2.05. The Morgan fingerprint density at radius 2 is 1.94 bits per heavy atom. The SMILES string of the molecule is CC(C)OCc1ccc(-c2ccn[nH]2)cc1. The Kier molecular flexibility index (Phi) is 3.37. The molecule has 0 aliphatic heterocycles. The van der Waals surface area contributed by atoms with Crippen LogP contribution >= 0.6 is 0 Å². The van der Waals surface area contributed by atoms with Gasteiger partial charge in [-0.25, -0.2) is 0 Å². The third-order valence-electron chi connectivity index (χ3n) is 2.35. The Hall–Kier alpha value is -1.61. The van der Waals surface area contributed by atoms with Crippen molar-refractivity contribution >= 4 is 0 Å². The van der Waals surface area contributed by atoms with E-state index >= 15 is 0 Å². The maximum atomic E-state index is 5.54. The molecule has 0 aliphatic carbocycles. The van der Waals surface area contributed by atoms with Crippen LogP contribution in [0, 0.1) is 0 Å². The van der Waals surface area contributed by atoms with Gasteiger partial charge in [0.2, 0.25) is 0 Å². The maximum absolute atomic E-state index is 5.54. The van der Waals surface area contributed by atoms with Gasteiger partial charge in [0.15, 0.2) is 0 Å². The highest BCUT2D eigenvalue weighted by Crippen LogP contribution is 2.17. The minimum atomic E-state index is 0.271. The van der Waals surface area contributed by atoms with Crippen LogP contribution in [-0.2, 0) is 11.3 Å². The lowest BCUT2D eigenvalue weighted by Gasteiger charge is -2.07. The molecule has 0 spiro atoms. The molecule has 2 rings (SSSR count). The summed E-state index contributed by atoms with van der Waals surface area (Å²) in [6.07, 6.45) is 2.03. The second kappa shape index (κ2) is 4.94. The lowest BCUT2D eigenvalue weighted by atomic mass is 10.1. The van der Waals surface area contributed by atoms with Gasteiger partial charge >= 0.3 is 0 Å². The van der Waals surface area contributed by atoms with Crippen molar-refractivity contribution < 1.29 is 4.74 Å². The molecule has 0 aliphatic rings. The number of benzene rings is 1. The number of hydrogen-bond acceptors (Lipinski definition) is 2. The van der Waals surface area contributed by atoms with Crippen LogP contribution in [0.4, 0.5) is 0 Å². The van der Waals surface area contributed by atoms with Crippen LogP contribution in [0.2, 0.25) is 0 Å². The van der Waals surface area contributed by atoms with Gasteiger partial charge in [0.1, 0.15) is 0 Å². The zero-order valence-corrected chi connectivity index (χ0v) is 9.60. The molecule has 0 amide bonds. The minimum absolute atomic E-state index is 0.271. The van der Waals surface area contributed by atoms with Crippen molar-refractivity contribution in [1.29, 1.82) is 0 Å². The smallest absolute Gasteiger partial charge is 0.0720 e. The first kappa shape index (κ1) is 10.9. The largest absolute Gasteiger partial charge is 0.374 e. The number of aromatic nitrogens is 2. The van der Waals surface area contributed by atoms with Gasteiger partial charge < -0.3 is 4.74 Å². The monoisotopic (exact) mass is 216 g/mol. The van der Waals surface area contributed by atoms with Gasteiger partial charge in [-0.2, -0.15) is 5.10 Å².